The van der Waals surface area contributed by atoms with Crippen molar-refractivity contribution in [1.82, 2.24) is 0 Å². The van der Waals surface area contributed by atoms with Gasteiger partial charge in [0.05, 0.1) is 6.42 Å². The molecule has 0 saturated carbocycles. The Hall–Kier alpha value is -1.36. The third-order valence-corrected chi connectivity index (χ3v) is 2.72. The van der Waals surface area contributed by atoms with Gasteiger partial charge in [0.25, 0.3) is 0 Å². The molecular weight excluding hydrogens is 351 g/mol. The van der Waals surface area contributed by atoms with Gasteiger partial charge in [-0.1, -0.05) is 6.92 Å². The highest BCUT2D eigenvalue weighted by Gasteiger charge is 2.81. The standard InChI is InChI=1S/C11H13F9O3/c1-3-6(2)23-7(21)22-5-4-8(12,13)9(14,15)10(16,17)11(18,19)20/h6H,3-5H2,1-2H3. The van der Waals surface area contributed by atoms with Crippen molar-refractivity contribution in [2.24, 2.45) is 0 Å². The molecule has 0 aliphatic heterocycles. The molecule has 0 fully saturated rings. The SMILES string of the molecule is CCC(C)OC(=O)OCCC(F)(F)C(F)(F)C(F)(F)C(F)(F)F. The highest BCUT2D eigenvalue weighted by Crippen LogP contribution is 2.53. The van der Waals surface area contributed by atoms with E-state index in [2.05, 4.69) is 9.47 Å². The van der Waals surface area contributed by atoms with Crippen LogP contribution in [0.4, 0.5) is 44.3 Å². The van der Waals surface area contributed by atoms with E-state index in [0.717, 1.165) is 0 Å². The van der Waals surface area contributed by atoms with E-state index in [1.54, 1.807) is 6.92 Å². The van der Waals surface area contributed by atoms with Crippen LogP contribution in [0.2, 0.25) is 0 Å². The van der Waals surface area contributed by atoms with Gasteiger partial charge < -0.3 is 9.47 Å². The van der Waals surface area contributed by atoms with Crippen molar-refractivity contribution in [1.29, 1.82) is 0 Å². The van der Waals surface area contributed by atoms with Crippen molar-refractivity contribution >= 4 is 6.16 Å². The molecule has 0 aromatic heterocycles. The lowest BCUT2D eigenvalue weighted by Crippen LogP contribution is -2.61. The van der Waals surface area contributed by atoms with Crippen molar-refractivity contribution in [3.05, 3.63) is 0 Å². The third kappa shape index (κ3) is 4.80. The average molecular weight is 364 g/mol. The van der Waals surface area contributed by atoms with Crippen molar-refractivity contribution in [3.63, 3.8) is 0 Å². The summed E-state index contributed by atoms with van der Waals surface area (Å²) in [5, 5.41) is 0. The van der Waals surface area contributed by atoms with Crippen molar-refractivity contribution < 1.29 is 53.8 Å². The van der Waals surface area contributed by atoms with E-state index in [0.29, 0.717) is 6.42 Å². The van der Waals surface area contributed by atoms with Gasteiger partial charge in [0.15, 0.2) is 0 Å². The Labute approximate surface area is 124 Å². The van der Waals surface area contributed by atoms with Gasteiger partial charge in [0.2, 0.25) is 0 Å². The van der Waals surface area contributed by atoms with Crippen LogP contribution in [0, 0.1) is 0 Å². The van der Waals surface area contributed by atoms with E-state index in [9.17, 15) is 44.3 Å². The quantitative estimate of drug-likeness (QED) is 0.481. The van der Waals surface area contributed by atoms with Gasteiger partial charge in [-0.15, -0.1) is 0 Å². The monoisotopic (exact) mass is 364 g/mol. The first-order valence-electron chi connectivity index (χ1n) is 6.13. The van der Waals surface area contributed by atoms with Crippen LogP contribution < -0.4 is 0 Å². The second-order valence-electron chi connectivity index (χ2n) is 4.54. The highest BCUT2D eigenvalue weighted by molar-refractivity contribution is 5.60. The molecule has 0 saturated heterocycles. The first-order chi connectivity index (χ1) is 10.1. The van der Waals surface area contributed by atoms with Gasteiger partial charge in [-0.05, 0) is 13.3 Å². The maximum Gasteiger partial charge on any atom is 0.508 e. The molecular formula is C11H13F9O3. The van der Waals surface area contributed by atoms with Crippen LogP contribution in [-0.2, 0) is 9.47 Å². The molecule has 0 bridgehead atoms. The van der Waals surface area contributed by atoms with Crippen LogP contribution in [0.3, 0.4) is 0 Å². The van der Waals surface area contributed by atoms with Crippen molar-refractivity contribution in [2.45, 2.75) is 56.7 Å². The predicted molar refractivity (Wildman–Crippen MR) is 57.7 cm³/mol. The molecule has 12 heteroatoms. The molecule has 3 nitrogen and oxygen atoms in total. The smallest absolute Gasteiger partial charge is 0.434 e. The summed E-state index contributed by atoms with van der Waals surface area (Å²) >= 11 is 0. The Morgan fingerprint density at radius 2 is 1.43 bits per heavy atom. The molecule has 1 atom stereocenters. The van der Waals surface area contributed by atoms with E-state index in [1.165, 1.54) is 6.92 Å². The number of hydrogen-bond donors (Lipinski definition) is 0. The van der Waals surface area contributed by atoms with Crippen LogP contribution in [0.5, 0.6) is 0 Å². The summed E-state index contributed by atoms with van der Waals surface area (Å²) in [6, 6.07) is 0. The summed E-state index contributed by atoms with van der Waals surface area (Å²) < 4.78 is 121. The lowest BCUT2D eigenvalue weighted by atomic mass is 10.0. The molecule has 0 aliphatic carbocycles. The number of halogens is 9. The summed E-state index contributed by atoms with van der Waals surface area (Å²) in [6.45, 7) is 1.42. The van der Waals surface area contributed by atoms with Gasteiger partial charge in [0, 0.05) is 0 Å². The molecule has 0 heterocycles. The fraction of sp³-hybridized carbons (Fsp3) is 0.909. The van der Waals surface area contributed by atoms with Crippen LogP contribution in [0.15, 0.2) is 0 Å². The van der Waals surface area contributed by atoms with Gasteiger partial charge in [-0.3, -0.25) is 0 Å². The minimum Gasteiger partial charge on any atom is -0.434 e. The molecule has 138 valence electrons. The number of rotatable bonds is 7. The zero-order chi connectivity index (χ0) is 18.7. The molecule has 0 amide bonds. The van der Waals surface area contributed by atoms with E-state index in [4.69, 9.17) is 0 Å². The minimum absolute atomic E-state index is 0.307. The molecule has 0 aliphatic rings. The Balaban J connectivity index is 4.84. The van der Waals surface area contributed by atoms with Crippen molar-refractivity contribution in [3.8, 4) is 0 Å². The average Bonchev–Trinajstić information content (AvgIpc) is 2.36. The van der Waals surface area contributed by atoms with E-state index < -0.39 is 49.2 Å². The highest BCUT2D eigenvalue weighted by atomic mass is 19.4. The second-order valence-corrected chi connectivity index (χ2v) is 4.54. The number of carbonyl (C=O) groups is 1. The first kappa shape index (κ1) is 21.6. The molecule has 0 N–H and O–H groups in total. The van der Waals surface area contributed by atoms with Gasteiger partial charge in [-0.2, -0.15) is 39.5 Å². The molecule has 1 unspecified atom stereocenters. The van der Waals surface area contributed by atoms with Crippen LogP contribution in [-0.4, -0.2) is 42.8 Å². The van der Waals surface area contributed by atoms with Crippen molar-refractivity contribution in [2.75, 3.05) is 6.61 Å². The molecule has 0 radical (unpaired) electrons. The topological polar surface area (TPSA) is 35.5 Å². The molecule has 0 spiro atoms. The normalized spacial score (nSPS) is 15.3. The van der Waals surface area contributed by atoms with E-state index in [-0.39, 0.29) is 0 Å². The number of carbonyl (C=O) groups excluding carboxylic acids is 1. The fourth-order valence-corrected chi connectivity index (χ4v) is 1.11. The summed E-state index contributed by atoms with van der Waals surface area (Å²) in [6.07, 6.45) is -11.1. The minimum atomic E-state index is -6.96. The summed E-state index contributed by atoms with van der Waals surface area (Å²) in [5.74, 6) is -19.5. The maximum absolute atomic E-state index is 13.0. The van der Waals surface area contributed by atoms with Gasteiger partial charge >= 0.3 is 30.1 Å². The number of ether oxygens (including phenoxy) is 2. The van der Waals surface area contributed by atoms with E-state index in [1.807, 2.05) is 0 Å². The third-order valence-electron chi connectivity index (χ3n) is 2.72. The van der Waals surface area contributed by atoms with Gasteiger partial charge in [0.1, 0.15) is 12.7 Å². The molecule has 0 aromatic rings. The molecule has 23 heavy (non-hydrogen) atoms. The largest absolute Gasteiger partial charge is 0.508 e. The Bertz CT molecular complexity index is 406. The Kier molecular flexibility index (Phi) is 6.62. The van der Waals surface area contributed by atoms with E-state index >= 15 is 0 Å². The molecule has 0 rings (SSSR count). The molecule has 0 aromatic carbocycles. The maximum atomic E-state index is 13.0. The summed E-state index contributed by atoms with van der Waals surface area (Å²) in [5.41, 5.74) is 0. The van der Waals surface area contributed by atoms with Crippen LogP contribution >= 0.6 is 0 Å². The predicted octanol–water partition coefficient (Wildman–Crippen LogP) is 4.80. The summed E-state index contributed by atoms with van der Waals surface area (Å²) in [4.78, 5) is 10.9. The van der Waals surface area contributed by atoms with Crippen LogP contribution in [0.25, 0.3) is 0 Å². The van der Waals surface area contributed by atoms with Crippen LogP contribution in [0.1, 0.15) is 26.7 Å². The lowest BCUT2D eigenvalue weighted by molar-refractivity contribution is -0.397. The number of alkyl halides is 9. The zero-order valence-electron chi connectivity index (χ0n) is 11.8. The summed E-state index contributed by atoms with van der Waals surface area (Å²) in [7, 11) is 0. The van der Waals surface area contributed by atoms with Gasteiger partial charge in [-0.25, -0.2) is 4.79 Å². The number of hydrogen-bond acceptors (Lipinski definition) is 3. The lowest BCUT2D eigenvalue weighted by Gasteiger charge is -2.33. The Morgan fingerprint density at radius 1 is 0.957 bits per heavy atom. The Morgan fingerprint density at radius 3 is 1.83 bits per heavy atom. The fourth-order valence-electron chi connectivity index (χ4n) is 1.11. The zero-order valence-corrected chi connectivity index (χ0v) is 11.8. The first-order valence-corrected chi connectivity index (χ1v) is 6.13. The second kappa shape index (κ2) is 7.04.